The minimum Gasteiger partial charge on any atom is -0.416 e. The summed E-state index contributed by atoms with van der Waals surface area (Å²) in [5, 5.41) is 11.1. The molecule has 0 spiro atoms. The number of aromatic nitrogens is 2. The van der Waals surface area contributed by atoms with E-state index in [2.05, 4.69) is 22.4 Å². The number of anilines is 1. The van der Waals surface area contributed by atoms with Crippen LogP contribution in [0.5, 0.6) is 0 Å². The summed E-state index contributed by atoms with van der Waals surface area (Å²) in [7, 11) is 0. The van der Waals surface area contributed by atoms with Crippen LogP contribution in [0.3, 0.4) is 0 Å². The third kappa shape index (κ3) is 3.68. The molecule has 1 aliphatic carbocycles. The molecule has 0 aliphatic heterocycles. The Morgan fingerprint density at radius 3 is 2.73 bits per heavy atom. The van der Waals surface area contributed by atoms with Crippen molar-refractivity contribution >= 4 is 23.4 Å². The van der Waals surface area contributed by atoms with Gasteiger partial charge in [-0.3, -0.25) is 4.79 Å². The Kier molecular flexibility index (Phi) is 4.47. The maximum Gasteiger partial charge on any atom is 0.277 e. The van der Waals surface area contributed by atoms with Gasteiger partial charge in [0.1, 0.15) is 0 Å². The van der Waals surface area contributed by atoms with E-state index >= 15 is 0 Å². The van der Waals surface area contributed by atoms with Crippen molar-refractivity contribution in [3.8, 4) is 0 Å². The number of carbonyl (C=O) groups excluding carboxylic acids is 1. The highest BCUT2D eigenvalue weighted by molar-refractivity contribution is 8.00. The summed E-state index contributed by atoms with van der Waals surface area (Å²) in [5.74, 6) is 1.06. The van der Waals surface area contributed by atoms with E-state index in [-0.39, 0.29) is 11.2 Å². The topological polar surface area (TPSA) is 68.0 Å². The van der Waals surface area contributed by atoms with Crippen molar-refractivity contribution in [2.24, 2.45) is 0 Å². The van der Waals surface area contributed by atoms with Gasteiger partial charge in [0.15, 0.2) is 0 Å². The number of nitrogens with zero attached hydrogens (tertiary/aromatic N) is 2. The minimum atomic E-state index is -0.293. The molecule has 3 rings (SSSR count). The van der Waals surface area contributed by atoms with Crippen LogP contribution in [0.15, 0.2) is 33.9 Å². The quantitative estimate of drug-likeness (QED) is 0.824. The molecule has 1 heterocycles. The predicted molar refractivity (Wildman–Crippen MR) is 86.0 cm³/mol. The Hall–Kier alpha value is -1.82. The van der Waals surface area contributed by atoms with Crippen molar-refractivity contribution in [2.45, 2.75) is 49.5 Å². The molecule has 0 radical (unpaired) electrons. The average molecular weight is 317 g/mol. The van der Waals surface area contributed by atoms with Crippen molar-refractivity contribution in [1.82, 2.24) is 10.2 Å². The first kappa shape index (κ1) is 15.1. The lowest BCUT2D eigenvalue weighted by molar-refractivity contribution is -0.115. The summed E-state index contributed by atoms with van der Waals surface area (Å²) in [4.78, 5) is 12.2. The fraction of sp³-hybridized carbons (Fsp3) is 0.438. The maximum atomic E-state index is 12.2. The fourth-order valence-corrected chi connectivity index (χ4v) is 2.73. The van der Waals surface area contributed by atoms with E-state index in [0.29, 0.717) is 17.0 Å². The molecule has 1 aromatic carbocycles. The molecule has 6 heteroatoms. The zero-order valence-electron chi connectivity index (χ0n) is 12.7. The summed E-state index contributed by atoms with van der Waals surface area (Å²) < 4.78 is 5.57. The summed E-state index contributed by atoms with van der Waals surface area (Å²) in [6, 6.07) is 7.89. The Bertz CT molecular complexity index is 650. The molecule has 1 N–H and O–H groups in total. The lowest BCUT2D eigenvalue weighted by Crippen LogP contribution is -2.22. The molecule has 0 saturated heterocycles. The summed E-state index contributed by atoms with van der Waals surface area (Å²) in [5.41, 5.74) is 2.05. The first-order chi connectivity index (χ1) is 10.7. The number of hydrogen-bond acceptors (Lipinski definition) is 5. The van der Waals surface area contributed by atoms with Gasteiger partial charge >= 0.3 is 0 Å². The number of rotatable bonds is 6. The second kappa shape index (κ2) is 6.52. The smallest absolute Gasteiger partial charge is 0.277 e. The van der Waals surface area contributed by atoms with Crippen LogP contribution in [0.4, 0.5) is 5.69 Å². The largest absolute Gasteiger partial charge is 0.416 e. The third-order valence-corrected chi connectivity index (χ3v) is 4.56. The highest BCUT2D eigenvalue weighted by Gasteiger charge is 2.30. The minimum absolute atomic E-state index is 0.0691. The molecule has 1 aliphatic rings. The fourth-order valence-electron chi connectivity index (χ4n) is 2.04. The number of aryl methyl sites for hydroxylation is 1. The highest BCUT2D eigenvalue weighted by atomic mass is 32.2. The predicted octanol–water partition coefficient (Wildman–Crippen LogP) is 3.63. The van der Waals surface area contributed by atoms with Gasteiger partial charge in [-0.15, -0.1) is 10.2 Å². The first-order valence-electron chi connectivity index (χ1n) is 7.55. The Morgan fingerprint density at radius 2 is 2.09 bits per heavy atom. The van der Waals surface area contributed by atoms with Gasteiger partial charge in [-0.05, 0) is 43.9 Å². The molecule has 0 bridgehead atoms. The van der Waals surface area contributed by atoms with Crippen molar-refractivity contribution in [2.75, 3.05) is 5.32 Å². The molecule has 1 fully saturated rings. The second-order valence-corrected chi connectivity index (χ2v) is 6.77. The van der Waals surface area contributed by atoms with E-state index in [9.17, 15) is 4.79 Å². The van der Waals surface area contributed by atoms with Gasteiger partial charge in [-0.1, -0.05) is 30.8 Å². The molecule has 5 nitrogen and oxygen atoms in total. The van der Waals surface area contributed by atoms with Gasteiger partial charge in [0.05, 0.1) is 5.25 Å². The van der Waals surface area contributed by atoms with Crippen molar-refractivity contribution in [1.29, 1.82) is 0 Å². The SMILES string of the molecule is CCc1ccc(NC(=O)[C@H](C)Sc2nnc(C3CC3)o2)cc1. The van der Waals surface area contributed by atoms with Gasteiger partial charge in [0.2, 0.25) is 11.8 Å². The van der Waals surface area contributed by atoms with Crippen LogP contribution in [0, 0.1) is 0 Å². The highest BCUT2D eigenvalue weighted by Crippen LogP contribution is 2.40. The molecular weight excluding hydrogens is 298 g/mol. The average Bonchev–Trinajstić information content (AvgIpc) is 3.28. The van der Waals surface area contributed by atoms with E-state index in [1.807, 2.05) is 31.2 Å². The van der Waals surface area contributed by atoms with Gasteiger partial charge in [-0.25, -0.2) is 0 Å². The molecule has 1 atom stereocenters. The summed E-state index contributed by atoms with van der Waals surface area (Å²) in [6.07, 6.45) is 3.23. The Balaban J connectivity index is 1.55. The van der Waals surface area contributed by atoms with Gasteiger partial charge < -0.3 is 9.73 Å². The first-order valence-corrected chi connectivity index (χ1v) is 8.43. The number of amides is 1. The molecule has 1 amide bonds. The van der Waals surface area contributed by atoms with Crippen LogP contribution in [0.2, 0.25) is 0 Å². The number of carbonyl (C=O) groups is 1. The standard InChI is InChI=1S/C16H19N3O2S/c1-3-11-4-8-13(9-5-11)17-14(20)10(2)22-16-19-18-15(21-16)12-6-7-12/h4-5,8-10,12H,3,6-7H2,1-2H3,(H,17,20)/t10-/m0/s1. The molecular formula is C16H19N3O2S. The van der Waals surface area contributed by atoms with Crippen LogP contribution in [-0.4, -0.2) is 21.4 Å². The molecule has 2 aromatic rings. The van der Waals surface area contributed by atoms with Gasteiger partial charge in [-0.2, -0.15) is 0 Å². The molecule has 22 heavy (non-hydrogen) atoms. The van der Waals surface area contributed by atoms with Crippen molar-refractivity contribution < 1.29 is 9.21 Å². The molecule has 116 valence electrons. The Labute approximate surface area is 133 Å². The molecule has 1 saturated carbocycles. The Morgan fingerprint density at radius 1 is 1.36 bits per heavy atom. The van der Waals surface area contributed by atoms with Crippen LogP contribution >= 0.6 is 11.8 Å². The number of nitrogens with one attached hydrogen (secondary N) is 1. The van der Waals surface area contributed by atoms with E-state index in [4.69, 9.17) is 4.42 Å². The monoisotopic (exact) mass is 317 g/mol. The van der Waals surface area contributed by atoms with Crippen LogP contribution in [0.25, 0.3) is 0 Å². The maximum absolute atomic E-state index is 12.2. The van der Waals surface area contributed by atoms with E-state index in [1.165, 1.54) is 17.3 Å². The molecule has 0 unspecified atom stereocenters. The van der Waals surface area contributed by atoms with E-state index in [1.54, 1.807) is 0 Å². The van der Waals surface area contributed by atoms with Crippen molar-refractivity contribution in [3.05, 3.63) is 35.7 Å². The molecule has 1 aromatic heterocycles. The number of benzene rings is 1. The number of hydrogen-bond donors (Lipinski definition) is 1. The zero-order chi connectivity index (χ0) is 15.5. The normalized spacial score (nSPS) is 15.5. The second-order valence-electron chi connectivity index (χ2n) is 5.48. The third-order valence-electron chi connectivity index (χ3n) is 3.63. The van der Waals surface area contributed by atoms with Gasteiger partial charge in [0, 0.05) is 11.6 Å². The van der Waals surface area contributed by atoms with E-state index < -0.39 is 0 Å². The van der Waals surface area contributed by atoms with Crippen molar-refractivity contribution in [3.63, 3.8) is 0 Å². The van der Waals surface area contributed by atoms with Crippen LogP contribution < -0.4 is 5.32 Å². The summed E-state index contributed by atoms with van der Waals surface area (Å²) in [6.45, 7) is 3.94. The summed E-state index contributed by atoms with van der Waals surface area (Å²) >= 11 is 1.29. The lowest BCUT2D eigenvalue weighted by atomic mass is 10.1. The van der Waals surface area contributed by atoms with Crippen LogP contribution in [0.1, 0.15) is 44.1 Å². The van der Waals surface area contributed by atoms with Crippen LogP contribution in [-0.2, 0) is 11.2 Å². The van der Waals surface area contributed by atoms with E-state index in [0.717, 1.165) is 24.9 Å². The number of thioether (sulfide) groups is 1. The lowest BCUT2D eigenvalue weighted by Gasteiger charge is -2.10. The van der Waals surface area contributed by atoms with Gasteiger partial charge in [0.25, 0.3) is 5.22 Å². The zero-order valence-corrected chi connectivity index (χ0v) is 13.5.